The second-order valence-corrected chi connectivity index (χ2v) is 5.27. The zero-order valence-corrected chi connectivity index (χ0v) is 15.8. The highest BCUT2D eigenvalue weighted by Crippen LogP contribution is 2.39. The number of dihydropyridines is 1. The molecule has 9 heteroatoms. The maximum atomic E-state index is 12.2. The number of nitrogens with one attached hydrogen (secondary N) is 1. The summed E-state index contributed by atoms with van der Waals surface area (Å²) < 4.78 is 4.75. The van der Waals surface area contributed by atoms with Gasteiger partial charge in [0.2, 0.25) is 0 Å². The molecular formula is C16H15IN2O6-2. The fourth-order valence-corrected chi connectivity index (χ4v) is 2.80. The summed E-state index contributed by atoms with van der Waals surface area (Å²) in [6.45, 7) is 3.14. The van der Waals surface area contributed by atoms with Crippen molar-refractivity contribution in [3.63, 3.8) is 0 Å². The van der Waals surface area contributed by atoms with Gasteiger partial charge in [0.05, 0.1) is 23.6 Å². The van der Waals surface area contributed by atoms with Gasteiger partial charge in [-0.1, -0.05) is 12.1 Å². The molecule has 1 aliphatic heterocycles. The van der Waals surface area contributed by atoms with Crippen molar-refractivity contribution in [1.82, 2.24) is 5.32 Å². The first-order valence-electron chi connectivity index (χ1n) is 7.00. The highest BCUT2D eigenvalue weighted by molar-refractivity contribution is 5.98. The Hall–Kier alpha value is -2.43. The zero-order valence-electron chi connectivity index (χ0n) is 13.7. The third kappa shape index (κ3) is 3.98. The average Bonchev–Trinajstić information content (AvgIpc) is 2.53. The molecule has 0 saturated carbocycles. The van der Waals surface area contributed by atoms with Gasteiger partial charge >= 0.3 is 5.97 Å². The highest BCUT2D eigenvalue weighted by atomic mass is 127. The fraction of sp³-hybridized carbons (Fsp3) is 0.250. The maximum Gasteiger partial charge on any atom is 0.336 e. The smallest absolute Gasteiger partial charge is 0.336 e. The number of ether oxygens (including phenoxy) is 1. The van der Waals surface area contributed by atoms with Crippen LogP contribution >= 0.6 is 0 Å². The summed E-state index contributed by atoms with van der Waals surface area (Å²) in [6.07, 6.45) is 0. The molecule has 1 aromatic rings. The van der Waals surface area contributed by atoms with Crippen molar-refractivity contribution in [3.05, 3.63) is 62.5 Å². The van der Waals surface area contributed by atoms with Crippen molar-refractivity contribution >= 4 is 17.6 Å². The number of rotatable bonds is 4. The number of halogens is 1. The second kappa shape index (κ2) is 8.10. The first-order valence-corrected chi connectivity index (χ1v) is 7.00. The fourth-order valence-electron chi connectivity index (χ4n) is 2.80. The van der Waals surface area contributed by atoms with Gasteiger partial charge in [-0.2, -0.15) is 0 Å². The van der Waals surface area contributed by atoms with Crippen LogP contribution in [0.1, 0.15) is 25.3 Å². The maximum absolute atomic E-state index is 12.2. The lowest BCUT2D eigenvalue weighted by molar-refractivity contribution is -0.384. The number of hydrogen-bond acceptors (Lipinski definition) is 7. The van der Waals surface area contributed by atoms with Crippen molar-refractivity contribution in [2.75, 3.05) is 7.11 Å². The number of nitrogens with zero attached hydrogens (tertiary/aromatic N) is 1. The Bertz CT molecular complexity index is 800. The zero-order chi connectivity index (χ0) is 18.0. The summed E-state index contributed by atoms with van der Waals surface area (Å²) in [4.78, 5) is 34.2. The molecule has 25 heavy (non-hydrogen) atoms. The van der Waals surface area contributed by atoms with Gasteiger partial charge in [-0.05, 0) is 19.4 Å². The van der Waals surface area contributed by atoms with Gasteiger partial charge in [-0.15, -0.1) is 0 Å². The molecule has 0 radical (unpaired) electrons. The number of hydrogen-bond donors (Lipinski definition) is 1. The largest absolute Gasteiger partial charge is 1.00 e. The van der Waals surface area contributed by atoms with Crippen molar-refractivity contribution in [1.29, 1.82) is 0 Å². The topological polar surface area (TPSA) is 122 Å². The van der Waals surface area contributed by atoms with Gasteiger partial charge < -0.3 is 43.9 Å². The molecule has 1 unspecified atom stereocenters. The molecule has 0 amide bonds. The molecule has 0 fully saturated rings. The van der Waals surface area contributed by atoms with E-state index in [2.05, 4.69) is 5.32 Å². The van der Waals surface area contributed by atoms with E-state index in [0.717, 1.165) is 0 Å². The van der Waals surface area contributed by atoms with Crippen LogP contribution in [0.3, 0.4) is 0 Å². The van der Waals surface area contributed by atoms with Gasteiger partial charge in [0.1, 0.15) is 0 Å². The van der Waals surface area contributed by atoms with Crippen LogP contribution in [0.15, 0.2) is 46.8 Å². The number of carboxylic acids is 1. The molecule has 1 aliphatic rings. The molecule has 0 bridgehead atoms. The number of carboxylic acid groups (broad SMARTS) is 1. The Balaban J connectivity index is 0.00000312. The van der Waals surface area contributed by atoms with Crippen molar-refractivity contribution in [2.45, 2.75) is 19.8 Å². The number of esters is 1. The number of allylic oxidation sites excluding steroid dienone is 2. The second-order valence-electron chi connectivity index (χ2n) is 5.27. The van der Waals surface area contributed by atoms with E-state index in [0.29, 0.717) is 17.0 Å². The van der Waals surface area contributed by atoms with E-state index in [1.54, 1.807) is 6.92 Å². The molecule has 0 aromatic heterocycles. The summed E-state index contributed by atoms with van der Waals surface area (Å²) >= 11 is 0. The summed E-state index contributed by atoms with van der Waals surface area (Å²) in [7, 11) is 1.18. The van der Waals surface area contributed by atoms with Crippen molar-refractivity contribution in [3.8, 4) is 0 Å². The van der Waals surface area contributed by atoms with Gasteiger partial charge in [-0.3, -0.25) is 10.1 Å². The minimum atomic E-state index is -1.47. The predicted octanol–water partition coefficient (Wildman–Crippen LogP) is -2.24. The minimum Gasteiger partial charge on any atom is -1.00 e. The molecule has 0 saturated heterocycles. The van der Waals surface area contributed by atoms with Gasteiger partial charge in [0, 0.05) is 35.0 Å². The third-order valence-corrected chi connectivity index (χ3v) is 3.80. The molecule has 0 aliphatic carbocycles. The minimum absolute atomic E-state index is 0. The molecule has 2 rings (SSSR count). The number of carbonyl (C=O) groups is 2. The summed E-state index contributed by atoms with van der Waals surface area (Å²) in [5, 5.41) is 25.4. The lowest BCUT2D eigenvalue weighted by atomic mass is 9.80. The van der Waals surface area contributed by atoms with E-state index in [-0.39, 0.29) is 40.8 Å². The first kappa shape index (κ1) is 20.6. The van der Waals surface area contributed by atoms with E-state index < -0.39 is 22.8 Å². The molecule has 8 nitrogen and oxygen atoms in total. The van der Waals surface area contributed by atoms with Gasteiger partial charge in [-0.25, -0.2) is 4.79 Å². The van der Waals surface area contributed by atoms with Crippen LogP contribution in [0.2, 0.25) is 0 Å². The lowest BCUT2D eigenvalue weighted by Crippen LogP contribution is -3.00. The monoisotopic (exact) mass is 458 g/mol. The van der Waals surface area contributed by atoms with Crippen LogP contribution in [-0.4, -0.2) is 24.0 Å². The summed E-state index contributed by atoms with van der Waals surface area (Å²) in [6, 6.07) is 5.48. The SMILES string of the molecule is COC(=O)C1=C(C)NC(C)=C(C(=O)[O-])C1c1cccc([N+](=O)[O-])c1.[I-]. The third-order valence-electron chi connectivity index (χ3n) is 3.80. The van der Waals surface area contributed by atoms with Crippen LogP contribution < -0.4 is 34.4 Å². The number of carbonyl (C=O) groups excluding carboxylic acids is 2. The number of nitro groups is 1. The standard InChI is InChI=1S/C16H16N2O6.HI/c1-8-12(15(19)20)14(13(9(2)17-8)16(21)24-3)10-5-4-6-11(7-10)18(22)23;/h4-7,14,17H,1-3H3,(H,19,20);1H/p-2. The van der Waals surface area contributed by atoms with E-state index in [9.17, 15) is 24.8 Å². The van der Waals surface area contributed by atoms with Crippen LogP contribution in [0.4, 0.5) is 5.69 Å². The number of aliphatic carboxylic acids is 1. The highest BCUT2D eigenvalue weighted by Gasteiger charge is 2.34. The van der Waals surface area contributed by atoms with Crippen molar-refractivity contribution in [2.24, 2.45) is 0 Å². The average molecular weight is 458 g/mol. The van der Waals surface area contributed by atoms with E-state index >= 15 is 0 Å². The molecule has 0 spiro atoms. The van der Waals surface area contributed by atoms with Crippen LogP contribution in [0.25, 0.3) is 0 Å². The Morgan fingerprint density at radius 2 is 1.80 bits per heavy atom. The van der Waals surface area contributed by atoms with E-state index in [4.69, 9.17) is 4.74 Å². The summed E-state index contributed by atoms with van der Waals surface area (Å²) in [5.74, 6) is -3.21. The first-order chi connectivity index (χ1) is 11.3. The molecule has 1 atom stereocenters. The number of nitro benzene ring substituents is 1. The van der Waals surface area contributed by atoms with Crippen LogP contribution in [-0.2, 0) is 14.3 Å². The number of non-ortho nitro benzene ring substituents is 1. The Morgan fingerprint density at radius 1 is 1.20 bits per heavy atom. The molecule has 1 heterocycles. The number of benzene rings is 1. The van der Waals surface area contributed by atoms with E-state index in [1.807, 2.05) is 0 Å². The lowest BCUT2D eigenvalue weighted by Gasteiger charge is -2.31. The normalized spacial score (nSPS) is 16.7. The van der Waals surface area contributed by atoms with Crippen molar-refractivity contribution < 1.29 is 48.3 Å². The van der Waals surface area contributed by atoms with E-state index in [1.165, 1.54) is 38.3 Å². The van der Waals surface area contributed by atoms with Crippen LogP contribution in [0, 0.1) is 10.1 Å². The van der Waals surface area contributed by atoms with Gasteiger partial charge in [0.15, 0.2) is 0 Å². The molecular weight excluding hydrogens is 443 g/mol. The Kier molecular flexibility index (Phi) is 6.68. The molecule has 1 N–H and O–H groups in total. The van der Waals surface area contributed by atoms with Gasteiger partial charge in [0.25, 0.3) is 5.69 Å². The summed E-state index contributed by atoms with van der Waals surface area (Å²) in [5.41, 5.74) is 0.717. The quantitative estimate of drug-likeness (QED) is 0.234. The molecule has 134 valence electrons. The van der Waals surface area contributed by atoms with Crippen LogP contribution in [0.5, 0.6) is 0 Å². The Labute approximate surface area is 160 Å². The molecule has 1 aromatic carbocycles. The predicted molar refractivity (Wildman–Crippen MR) is 81.4 cm³/mol. The number of methoxy groups -OCH3 is 1. The Morgan fingerprint density at radius 3 is 2.32 bits per heavy atom.